The second-order valence-corrected chi connectivity index (χ2v) is 2.26. The van der Waals surface area contributed by atoms with E-state index >= 15 is 0 Å². The van der Waals surface area contributed by atoms with Crippen LogP contribution in [0.5, 0.6) is 0 Å². The van der Waals surface area contributed by atoms with Gasteiger partial charge in [-0.1, -0.05) is 0 Å². The van der Waals surface area contributed by atoms with Crippen LogP contribution >= 0.6 is 0 Å². The highest BCUT2D eigenvalue weighted by atomic mass is 16.5. The normalized spacial score (nSPS) is 16.9. The summed E-state index contributed by atoms with van der Waals surface area (Å²) in [4.78, 5) is 10.5. The zero-order valence-corrected chi connectivity index (χ0v) is 5.97. The van der Waals surface area contributed by atoms with Gasteiger partial charge in [0, 0.05) is 7.11 Å². The number of hydrogen-bond acceptors (Lipinski definition) is 3. The van der Waals surface area contributed by atoms with Gasteiger partial charge in [0.05, 0.1) is 6.61 Å². The molecule has 0 aromatic carbocycles. The molecule has 0 rings (SSSR count). The first kappa shape index (κ1) is 8.59. The fraction of sp³-hybridized carbons (Fsp3) is 0.833. The van der Waals surface area contributed by atoms with Crippen molar-refractivity contribution in [3.63, 3.8) is 0 Å². The highest BCUT2D eigenvalue weighted by Gasteiger charge is 2.25. The standard InChI is InChI=1S/C6H12O3/c1-5(7)6(2,8)4-9-3/h8H,4H2,1-3H3. The molecule has 0 aliphatic carbocycles. The minimum atomic E-state index is -1.31. The maximum atomic E-state index is 10.5. The fourth-order valence-corrected chi connectivity index (χ4v) is 0.383. The van der Waals surface area contributed by atoms with Crippen molar-refractivity contribution in [3.8, 4) is 0 Å². The summed E-state index contributed by atoms with van der Waals surface area (Å²) in [5.74, 6) is -0.274. The summed E-state index contributed by atoms with van der Waals surface area (Å²) in [6.07, 6.45) is 0. The second-order valence-electron chi connectivity index (χ2n) is 2.26. The molecule has 3 nitrogen and oxygen atoms in total. The van der Waals surface area contributed by atoms with Crippen LogP contribution in [0.3, 0.4) is 0 Å². The van der Waals surface area contributed by atoms with Crippen molar-refractivity contribution >= 4 is 5.78 Å². The molecule has 0 saturated carbocycles. The molecule has 1 N–H and O–H groups in total. The van der Waals surface area contributed by atoms with Crippen molar-refractivity contribution < 1.29 is 14.6 Å². The van der Waals surface area contributed by atoms with Crippen LogP contribution in [0.4, 0.5) is 0 Å². The Labute approximate surface area is 54.6 Å². The number of aliphatic hydroxyl groups is 1. The molecule has 9 heavy (non-hydrogen) atoms. The van der Waals surface area contributed by atoms with Crippen LogP contribution in [0.15, 0.2) is 0 Å². The molecule has 1 unspecified atom stereocenters. The molecule has 0 aromatic rings. The number of carbonyl (C=O) groups excluding carboxylic acids is 1. The minimum absolute atomic E-state index is 0.0579. The molecule has 0 amide bonds. The van der Waals surface area contributed by atoms with Crippen molar-refractivity contribution in [2.75, 3.05) is 13.7 Å². The summed E-state index contributed by atoms with van der Waals surface area (Å²) in [6.45, 7) is 2.82. The zero-order valence-electron chi connectivity index (χ0n) is 5.97. The van der Waals surface area contributed by atoms with Gasteiger partial charge in [-0.2, -0.15) is 0 Å². The lowest BCUT2D eigenvalue weighted by Gasteiger charge is -2.17. The maximum absolute atomic E-state index is 10.5. The van der Waals surface area contributed by atoms with Crippen LogP contribution in [0.2, 0.25) is 0 Å². The van der Waals surface area contributed by atoms with Crippen LogP contribution < -0.4 is 0 Å². The lowest BCUT2D eigenvalue weighted by Crippen LogP contribution is -2.37. The molecule has 0 bridgehead atoms. The van der Waals surface area contributed by atoms with Crippen molar-refractivity contribution in [2.24, 2.45) is 0 Å². The van der Waals surface area contributed by atoms with E-state index in [9.17, 15) is 4.79 Å². The van der Waals surface area contributed by atoms with Gasteiger partial charge < -0.3 is 9.84 Å². The van der Waals surface area contributed by atoms with Gasteiger partial charge in [-0.3, -0.25) is 4.79 Å². The number of hydrogen-bond donors (Lipinski definition) is 1. The predicted octanol–water partition coefficient (Wildman–Crippen LogP) is -0.0272. The molecule has 3 heteroatoms. The fourth-order valence-electron chi connectivity index (χ4n) is 0.383. The average Bonchev–Trinajstić information content (AvgIpc) is 1.65. The van der Waals surface area contributed by atoms with Gasteiger partial charge in [0.2, 0.25) is 0 Å². The summed E-state index contributed by atoms with van der Waals surface area (Å²) < 4.78 is 4.60. The van der Waals surface area contributed by atoms with Crippen molar-refractivity contribution in [1.82, 2.24) is 0 Å². The lowest BCUT2D eigenvalue weighted by atomic mass is 10.0. The number of carbonyl (C=O) groups is 1. The van der Waals surface area contributed by atoms with Gasteiger partial charge in [-0.15, -0.1) is 0 Å². The minimum Gasteiger partial charge on any atom is -0.381 e. The SMILES string of the molecule is COCC(C)(O)C(C)=O. The second kappa shape index (κ2) is 2.94. The summed E-state index contributed by atoms with van der Waals surface area (Å²) in [5.41, 5.74) is -1.31. The lowest BCUT2D eigenvalue weighted by molar-refractivity contribution is -0.138. The Morgan fingerprint density at radius 2 is 2.22 bits per heavy atom. The molecular weight excluding hydrogens is 120 g/mol. The van der Waals surface area contributed by atoms with Crippen molar-refractivity contribution in [1.29, 1.82) is 0 Å². The van der Waals surface area contributed by atoms with E-state index < -0.39 is 5.60 Å². The Kier molecular flexibility index (Phi) is 2.81. The highest BCUT2D eigenvalue weighted by Crippen LogP contribution is 2.03. The summed E-state index contributed by atoms with van der Waals surface area (Å²) >= 11 is 0. The molecule has 0 aliphatic heterocycles. The van der Waals surface area contributed by atoms with E-state index in [2.05, 4.69) is 4.74 Å². The Morgan fingerprint density at radius 1 is 1.78 bits per heavy atom. The maximum Gasteiger partial charge on any atom is 0.163 e. The summed E-state index contributed by atoms with van der Waals surface area (Å²) in [7, 11) is 1.44. The largest absolute Gasteiger partial charge is 0.381 e. The molecule has 0 saturated heterocycles. The highest BCUT2D eigenvalue weighted by molar-refractivity contribution is 5.84. The predicted molar refractivity (Wildman–Crippen MR) is 33.2 cm³/mol. The van der Waals surface area contributed by atoms with E-state index in [1.165, 1.54) is 21.0 Å². The van der Waals surface area contributed by atoms with Gasteiger partial charge in [0.15, 0.2) is 5.78 Å². The average molecular weight is 132 g/mol. The van der Waals surface area contributed by atoms with E-state index in [1.807, 2.05) is 0 Å². The van der Waals surface area contributed by atoms with Crippen LogP contribution in [0.1, 0.15) is 13.8 Å². The molecule has 54 valence electrons. The first-order valence-electron chi connectivity index (χ1n) is 2.73. The smallest absolute Gasteiger partial charge is 0.163 e. The van der Waals surface area contributed by atoms with Gasteiger partial charge >= 0.3 is 0 Å². The summed E-state index contributed by atoms with van der Waals surface area (Å²) in [6, 6.07) is 0. The summed E-state index contributed by atoms with van der Waals surface area (Å²) in [5, 5.41) is 9.12. The topological polar surface area (TPSA) is 46.5 Å². The number of ether oxygens (including phenoxy) is 1. The van der Waals surface area contributed by atoms with Crippen LogP contribution in [0, 0.1) is 0 Å². The van der Waals surface area contributed by atoms with E-state index in [0.29, 0.717) is 0 Å². The molecule has 0 aromatic heterocycles. The van der Waals surface area contributed by atoms with Crippen molar-refractivity contribution in [3.05, 3.63) is 0 Å². The molecule has 0 aliphatic rings. The van der Waals surface area contributed by atoms with Crippen LogP contribution in [-0.4, -0.2) is 30.2 Å². The number of rotatable bonds is 3. The number of methoxy groups -OCH3 is 1. The third-order valence-electron chi connectivity index (χ3n) is 1.18. The number of ketones is 1. The monoisotopic (exact) mass is 132 g/mol. The van der Waals surface area contributed by atoms with Gasteiger partial charge in [0.1, 0.15) is 5.60 Å². The molecular formula is C6H12O3. The third kappa shape index (κ3) is 2.58. The Hall–Kier alpha value is -0.410. The zero-order chi connectivity index (χ0) is 7.49. The van der Waals surface area contributed by atoms with Gasteiger partial charge in [-0.05, 0) is 13.8 Å². The first-order chi connectivity index (χ1) is 4.00. The van der Waals surface area contributed by atoms with E-state index in [4.69, 9.17) is 5.11 Å². The van der Waals surface area contributed by atoms with E-state index in [-0.39, 0.29) is 12.4 Å². The molecule has 0 heterocycles. The Morgan fingerprint density at radius 3 is 2.33 bits per heavy atom. The van der Waals surface area contributed by atoms with Crippen molar-refractivity contribution in [2.45, 2.75) is 19.4 Å². The molecule has 0 spiro atoms. The Bertz CT molecular complexity index is 107. The van der Waals surface area contributed by atoms with Crippen LogP contribution in [0.25, 0.3) is 0 Å². The van der Waals surface area contributed by atoms with Gasteiger partial charge in [-0.25, -0.2) is 0 Å². The van der Waals surface area contributed by atoms with Gasteiger partial charge in [0.25, 0.3) is 0 Å². The molecule has 0 fully saturated rings. The van der Waals surface area contributed by atoms with E-state index in [0.717, 1.165) is 0 Å². The van der Waals surface area contributed by atoms with Crippen LogP contribution in [-0.2, 0) is 9.53 Å². The third-order valence-corrected chi connectivity index (χ3v) is 1.18. The quantitative estimate of drug-likeness (QED) is 0.586. The Balaban J connectivity index is 3.85. The van der Waals surface area contributed by atoms with E-state index in [1.54, 1.807) is 0 Å². The number of Topliss-reactive ketones (excluding diaryl/α,β-unsaturated/α-hetero) is 1. The first-order valence-corrected chi connectivity index (χ1v) is 2.73. The molecule has 0 radical (unpaired) electrons. The molecule has 1 atom stereocenters.